The van der Waals surface area contributed by atoms with Crippen LogP contribution in [0.5, 0.6) is 6.01 Å². The molecule has 0 aliphatic rings. The summed E-state index contributed by atoms with van der Waals surface area (Å²) in [6.45, 7) is 4.39. The molecule has 1 heterocycles. The second kappa shape index (κ2) is 13.6. The summed E-state index contributed by atoms with van der Waals surface area (Å²) < 4.78 is 5.28. The number of esters is 1. The van der Waals surface area contributed by atoms with Gasteiger partial charge in [0.1, 0.15) is 0 Å². The van der Waals surface area contributed by atoms with Crippen LogP contribution in [0, 0.1) is 0 Å². The van der Waals surface area contributed by atoms with Gasteiger partial charge in [0.05, 0.1) is 0 Å². The number of nitrogens with zero attached hydrogens (tertiary/aromatic N) is 2. The van der Waals surface area contributed by atoms with Crippen molar-refractivity contribution >= 4 is 5.97 Å². The van der Waals surface area contributed by atoms with Crippen molar-refractivity contribution in [2.75, 3.05) is 0 Å². The van der Waals surface area contributed by atoms with Crippen molar-refractivity contribution in [3.63, 3.8) is 0 Å². The zero-order valence-corrected chi connectivity index (χ0v) is 17.8. The van der Waals surface area contributed by atoms with Crippen LogP contribution in [0.2, 0.25) is 0 Å². The second-order valence-electron chi connectivity index (χ2n) is 7.48. The van der Waals surface area contributed by atoms with Crippen molar-refractivity contribution < 1.29 is 9.53 Å². The Hall–Kier alpha value is -2.49. The second-order valence-corrected chi connectivity index (χ2v) is 7.48. The average molecular weight is 395 g/mol. The summed E-state index contributed by atoms with van der Waals surface area (Å²) in [7, 11) is 0. The minimum Gasteiger partial charge on any atom is -0.388 e. The Balaban J connectivity index is 1.91. The van der Waals surface area contributed by atoms with Crippen LogP contribution in [-0.4, -0.2) is 15.9 Å². The van der Waals surface area contributed by atoms with E-state index < -0.39 is 5.97 Å². The predicted molar refractivity (Wildman–Crippen MR) is 118 cm³/mol. The number of rotatable bonds is 13. The smallest absolute Gasteiger partial charge is 0.338 e. The van der Waals surface area contributed by atoms with Gasteiger partial charge < -0.3 is 4.74 Å². The molecule has 4 nitrogen and oxygen atoms in total. The van der Waals surface area contributed by atoms with E-state index in [0.717, 1.165) is 31.2 Å². The van der Waals surface area contributed by atoms with Gasteiger partial charge in [-0.1, -0.05) is 88.8 Å². The number of allylic oxidation sites excluding steroid dienone is 1. The van der Waals surface area contributed by atoms with Gasteiger partial charge in [-0.2, -0.15) is 0 Å². The van der Waals surface area contributed by atoms with E-state index in [1.165, 1.54) is 43.7 Å². The van der Waals surface area contributed by atoms with Crippen LogP contribution in [0.4, 0.5) is 0 Å². The Bertz CT molecular complexity index is 726. The number of carbonyl (C=O) groups is 1. The minimum absolute atomic E-state index is 0.109. The number of aryl methyl sites for hydroxylation is 1. The van der Waals surface area contributed by atoms with E-state index in [4.69, 9.17) is 4.74 Å². The predicted octanol–water partition coefficient (Wildman–Crippen LogP) is 6.43. The monoisotopic (exact) mass is 394 g/mol. The highest BCUT2D eigenvalue weighted by atomic mass is 16.5. The molecular formula is C25H34N2O2. The highest BCUT2D eigenvalue weighted by Crippen LogP contribution is 2.24. The molecule has 1 unspecified atom stereocenters. The van der Waals surface area contributed by atoms with Gasteiger partial charge in [-0.3, -0.25) is 0 Å². The third-order valence-corrected chi connectivity index (χ3v) is 5.00. The van der Waals surface area contributed by atoms with Crippen LogP contribution in [0.1, 0.15) is 82.3 Å². The van der Waals surface area contributed by atoms with E-state index in [-0.39, 0.29) is 11.9 Å². The van der Waals surface area contributed by atoms with E-state index in [9.17, 15) is 4.79 Å². The molecule has 1 atom stereocenters. The van der Waals surface area contributed by atoms with Gasteiger partial charge in [0.25, 0.3) is 0 Å². The van der Waals surface area contributed by atoms with Crippen LogP contribution >= 0.6 is 0 Å². The van der Waals surface area contributed by atoms with Crippen molar-refractivity contribution in [2.45, 2.75) is 77.6 Å². The third kappa shape index (κ3) is 9.03. The van der Waals surface area contributed by atoms with E-state index in [1.807, 2.05) is 24.3 Å². The van der Waals surface area contributed by atoms with Crippen molar-refractivity contribution in [3.05, 3.63) is 66.0 Å². The highest BCUT2D eigenvalue weighted by Gasteiger charge is 2.10. The van der Waals surface area contributed by atoms with Crippen LogP contribution in [0.3, 0.4) is 0 Å². The standard InChI is InChI=1S/C25H34N2O2/c1-3-5-7-10-16-23(22-14-11-8-12-15-22)17-18-24(28)29-25-26-19-21(20-27-25)13-9-6-4-2/h8,11-12,14-15,17-20,23H,3-7,9-10,13,16H2,1-2H3. The van der Waals surface area contributed by atoms with E-state index in [1.54, 1.807) is 12.4 Å². The molecular weight excluding hydrogens is 360 g/mol. The Morgan fingerprint density at radius 3 is 2.34 bits per heavy atom. The lowest BCUT2D eigenvalue weighted by atomic mass is 9.92. The van der Waals surface area contributed by atoms with Crippen molar-refractivity contribution in [1.82, 2.24) is 9.97 Å². The molecule has 0 bridgehead atoms. The van der Waals surface area contributed by atoms with Gasteiger partial charge in [0.15, 0.2) is 0 Å². The largest absolute Gasteiger partial charge is 0.388 e. The zero-order chi connectivity index (χ0) is 20.7. The lowest BCUT2D eigenvalue weighted by Crippen LogP contribution is -2.08. The first-order valence-corrected chi connectivity index (χ1v) is 11.0. The summed E-state index contributed by atoms with van der Waals surface area (Å²) in [6, 6.07) is 10.4. The Kier molecular flexibility index (Phi) is 10.7. The maximum absolute atomic E-state index is 12.2. The summed E-state index contributed by atoms with van der Waals surface area (Å²) in [5.74, 6) is -0.222. The molecule has 0 spiro atoms. The van der Waals surface area contributed by atoms with Gasteiger partial charge in [0.2, 0.25) is 0 Å². The van der Waals surface area contributed by atoms with E-state index in [2.05, 4.69) is 35.9 Å². The molecule has 0 saturated heterocycles. The zero-order valence-electron chi connectivity index (χ0n) is 17.8. The molecule has 0 aliphatic carbocycles. The Labute approximate surface area is 175 Å². The normalized spacial score (nSPS) is 12.2. The molecule has 0 N–H and O–H groups in total. The Morgan fingerprint density at radius 2 is 1.66 bits per heavy atom. The van der Waals surface area contributed by atoms with Crippen LogP contribution in [0.15, 0.2) is 54.9 Å². The number of unbranched alkanes of at least 4 members (excludes halogenated alkanes) is 5. The summed E-state index contributed by atoms with van der Waals surface area (Å²) in [4.78, 5) is 20.6. The number of ether oxygens (including phenoxy) is 1. The maximum atomic E-state index is 12.2. The van der Waals surface area contributed by atoms with Crippen LogP contribution in [0.25, 0.3) is 0 Å². The first-order chi connectivity index (χ1) is 14.2. The van der Waals surface area contributed by atoms with Crippen LogP contribution in [-0.2, 0) is 11.2 Å². The van der Waals surface area contributed by atoms with Gasteiger partial charge in [-0.25, -0.2) is 14.8 Å². The van der Waals surface area contributed by atoms with Crippen molar-refractivity contribution in [2.24, 2.45) is 0 Å². The molecule has 2 rings (SSSR count). The number of aromatic nitrogens is 2. The topological polar surface area (TPSA) is 52.1 Å². The van der Waals surface area contributed by atoms with Crippen LogP contribution < -0.4 is 4.74 Å². The maximum Gasteiger partial charge on any atom is 0.338 e. The summed E-state index contributed by atoms with van der Waals surface area (Å²) >= 11 is 0. The average Bonchev–Trinajstić information content (AvgIpc) is 2.75. The highest BCUT2D eigenvalue weighted by molar-refractivity contribution is 5.83. The fraction of sp³-hybridized carbons (Fsp3) is 0.480. The molecule has 1 aromatic heterocycles. The minimum atomic E-state index is -0.432. The molecule has 4 heteroatoms. The number of hydrogen-bond acceptors (Lipinski definition) is 4. The van der Waals surface area contributed by atoms with Gasteiger partial charge >= 0.3 is 12.0 Å². The number of hydrogen-bond donors (Lipinski definition) is 0. The SMILES string of the molecule is CCCCCCC(C=CC(=O)Oc1ncc(CCCCC)cn1)c1ccccc1. The molecule has 156 valence electrons. The fourth-order valence-corrected chi connectivity index (χ4v) is 3.29. The summed E-state index contributed by atoms with van der Waals surface area (Å²) in [5, 5.41) is 0. The van der Waals surface area contributed by atoms with E-state index in [0.29, 0.717) is 0 Å². The number of benzene rings is 1. The van der Waals surface area contributed by atoms with Crippen molar-refractivity contribution in [3.8, 4) is 6.01 Å². The lowest BCUT2D eigenvalue weighted by molar-refractivity contribution is -0.129. The summed E-state index contributed by atoms with van der Waals surface area (Å²) in [5.41, 5.74) is 2.30. The molecule has 2 aromatic rings. The number of carbonyl (C=O) groups excluding carboxylic acids is 1. The quantitative estimate of drug-likeness (QED) is 0.223. The first-order valence-electron chi connectivity index (χ1n) is 11.0. The molecule has 0 saturated carbocycles. The fourth-order valence-electron chi connectivity index (χ4n) is 3.29. The molecule has 1 aromatic carbocycles. The van der Waals surface area contributed by atoms with E-state index >= 15 is 0 Å². The van der Waals surface area contributed by atoms with Gasteiger partial charge in [-0.05, 0) is 30.4 Å². The first kappa shape index (κ1) is 22.8. The van der Waals surface area contributed by atoms with Gasteiger partial charge in [-0.15, -0.1) is 0 Å². The molecule has 0 aliphatic heterocycles. The van der Waals surface area contributed by atoms with Gasteiger partial charge in [0, 0.05) is 24.4 Å². The van der Waals surface area contributed by atoms with Crippen molar-refractivity contribution in [1.29, 1.82) is 0 Å². The molecule has 0 amide bonds. The summed E-state index contributed by atoms with van der Waals surface area (Å²) in [6.07, 6.45) is 17.3. The molecule has 0 fully saturated rings. The Morgan fingerprint density at radius 1 is 0.966 bits per heavy atom. The lowest BCUT2D eigenvalue weighted by Gasteiger charge is -2.13. The third-order valence-electron chi connectivity index (χ3n) is 5.00. The molecule has 29 heavy (non-hydrogen) atoms. The molecule has 0 radical (unpaired) electrons.